The summed E-state index contributed by atoms with van der Waals surface area (Å²) in [5, 5.41) is 1.31. The van der Waals surface area contributed by atoms with Crippen LogP contribution in [0.2, 0.25) is 5.02 Å². The first-order valence-corrected chi connectivity index (χ1v) is 11.1. The van der Waals surface area contributed by atoms with E-state index < -0.39 is 0 Å². The van der Waals surface area contributed by atoms with E-state index in [-0.39, 0.29) is 24.9 Å². The molecule has 9 heteroatoms. The number of carbonyl (C=O) groups excluding carboxylic acids is 1. The van der Waals surface area contributed by atoms with Crippen LogP contribution in [-0.4, -0.2) is 55.7 Å². The lowest BCUT2D eigenvalue weighted by Crippen LogP contribution is -2.41. The maximum Gasteiger partial charge on any atom is 0.266 e. The van der Waals surface area contributed by atoms with E-state index in [0.717, 1.165) is 35.6 Å². The van der Waals surface area contributed by atoms with Gasteiger partial charge in [0.2, 0.25) is 0 Å². The highest BCUT2D eigenvalue weighted by Gasteiger charge is 2.21. The van der Waals surface area contributed by atoms with Crippen LogP contribution in [0.5, 0.6) is 11.5 Å². The van der Waals surface area contributed by atoms with Crippen molar-refractivity contribution in [1.29, 1.82) is 0 Å². The number of rotatable bonds is 10. The monoisotopic (exact) mass is 483 g/mol. The van der Waals surface area contributed by atoms with Gasteiger partial charge >= 0.3 is 0 Å². The number of hydrogen-bond donors (Lipinski definition) is 0. The molecule has 1 aromatic heterocycles. The number of carbonyl (C=O) groups is 1. The third-order valence-corrected chi connectivity index (χ3v) is 6.10. The van der Waals surface area contributed by atoms with Crippen molar-refractivity contribution < 1.29 is 14.3 Å². The Morgan fingerprint density at radius 2 is 1.74 bits per heavy atom. The van der Waals surface area contributed by atoms with Gasteiger partial charge in [-0.1, -0.05) is 36.8 Å². The van der Waals surface area contributed by atoms with Gasteiger partial charge in [0.05, 0.1) is 17.3 Å². The Kier molecular flexibility index (Phi) is 9.84. The average molecular weight is 484 g/mol. The quantitative estimate of drug-likeness (QED) is 0.399. The molecule has 3 rings (SSSR count). The first-order valence-electron chi connectivity index (χ1n) is 9.89. The lowest BCUT2D eigenvalue weighted by Gasteiger charge is -2.24. The van der Waals surface area contributed by atoms with Crippen LogP contribution in [0.15, 0.2) is 42.5 Å². The number of methoxy groups -OCH3 is 1. The molecule has 1 amide bonds. The fourth-order valence-corrected chi connectivity index (χ4v) is 4.29. The maximum atomic E-state index is 13.1. The van der Waals surface area contributed by atoms with Crippen molar-refractivity contribution in [3.63, 3.8) is 0 Å². The van der Waals surface area contributed by atoms with Crippen LogP contribution in [-0.2, 0) is 4.79 Å². The summed E-state index contributed by atoms with van der Waals surface area (Å²) in [6.45, 7) is 7.32. The van der Waals surface area contributed by atoms with Gasteiger partial charge in [-0.15, -0.1) is 12.4 Å². The average Bonchev–Trinajstić information content (AvgIpc) is 3.18. The highest BCUT2D eigenvalue weighted by Crippen LogP contribution is 2.31. The topological polar surface area (TPSA) is 54.9 Å². The molecule has 1 heterocycles. The number of halogens is 2. The van der Waals surface area contributed by atoms with Crippen LogP contribution < -0.4 is 14.4 Å². The molecule has 0 aliphatic carbocycles. The normalized spacial score (nSPS) is 10.7. The van der Waals surface area contributed by atoms with Crippen LogP contribution in [0.3, 0.4) is 0 Å². The van der Waals surface area contributed by atoms with Crippen molar-refractivity contribution >= 4 is 56.6 Å². The van der Waals surface area contributed by atoms with E-state index >= 15 is 0 Å². The van der Waals surface area contributed by atoms with Gasteiger partial charge in [0.15, 0.2) is 11.7 Å². The van der Waals surface area contributed by atoms with Gasteiger partial charge in [0, 0.05) is 18.1 Å². The fraction of sp³-hybridized carbons (Fsp3) is 0.364. The molecule has 2 aromatic carbocycles. The minimum atomic E-state index is -0.136. The molecular formula is C22H27Cl2N3O3S. The molecule has 0 spiro atoms. The number of fused-ring (bicyclic) bond motifs is 1. The number of anilines is 1. The van der Waals surface area contributed by atoms with Gasteiger partial charge in [-0.3, -0.25) is 9.69 Å². The zero-order valence-electron chi connectivity index (χ0n) is 17.8. The number of benzene rings is 2. The number of ether oxygens (including phenoxy) is 2. The molecule has 0 bridgehead atoms. The molecule has 3 aromatic rings. The number of thiazole rings is 1. The molecule has 0 aliphatic heterocycles. The number of aromatic nitrogens is 1. The number of nitrogens with zero attached hydrogens (tertiary/aromatic N) is 3. The van der Waals surface area contributed by atoms with Crippen LogP contribution >= 0.6 is 35.3 Å². The third kappa shape index (κ3) is 6.71. The predicted molar refractivity (Wildman–Crippen MR) is 131 cm³/mol. The Labute approximate surface area is 198 Å². The molecule has 0 N–H and O–H groups in total. The molecule has 0 unspecified atom stereocenters. The summed E-state index contributed by atoms with van der Waals surface area (Å²) in [5.41, 5.74) is 0.830. The predicted octanol–water partition coefficient (Wildman–Crippen LogP) is 5.13. The molecule has 0 fully saturated rings. The highest BCUT2D eigenvalue weighted by atomic mass is 35.5. The molecular weight excluding hydrogens is 457 g/mol. The number of hydrogen-bond acceptors (Lipinski definition) is 6. The second kappa shape index (κ2) is 12.1. The SMILES string of the molecule is CCN(CC)CCN(C(=O)COc1ccc(OC)cc1)c1nc2ccc(Cl)cc2s1.Cl. The van der Waals surface area contributed by atoms with E-state index in [1.165, 1.54) is 11.3 Å². The molecule has 0 radical (unpaired) electrons. The molecule has 6 nitrogen and oxygen atoms in total. The zero-order chi connectivity index (χ0) is 21.5. The van der Waals surface area contributed by atoms with Crippen LogP contribution in [0.4, 0.5) is 5.13 Å². The number of likely N-dealkylation sites (N-methyl/N-ethyl adjacent to an activating group) is 1. The van der Waals surface area contributed by atoms with Crippen LogP contribution in [0, 0.1) is 0 Å². The Balaban J connectivity index is 0.00000341. The summed E-state index contributed by atoms with van der Waals surface area (Å²) in [4.78, 5) is 21.7. The Morgan fingerprint density at radius 1 is 1.06 bits per heavy atom. The zero-order valence-corrected chi connectivity index (χ0v) is 20.2. The Bertz CT molecular complexity index is 978. The lowest BCUT2D eigenvalue weighted by molar-refractivity contribution is -0.120. The molecule has 0 saturated carbocycles. The van der Waals surface area contributed by atoms with Gasteiger partial charge in [0.1, 0.15) is 11.5 Å². The van der Waals surface area contributed by atoms with E-state index in [1.54, 1.807) is 36.3 Å². The van der Waals surface area contributed by atoms with Gasteiger partial charge in [0.25, 0.3) is 5.91 Å². The lowest BCUT2D eigenvalue weighted by atomic mass is 10.3. The van der Waals surface area contributed by atoms with Crippen molar-refractivity contribution in [3.8, 4) is 11.5 Å². The van der Waals surface area contributed by atoms with Crippen molar-refractivity contribution in [1.82, 2.24) is 9.88 Å². The van der Waals surface area contributed by atoms with Crippen molar-refractivity contribution in [2.45, 2.75) is 13.8 Å². The van der Waals surface area contributed by atoms with Gasteiger partial charge in [-0.05, 0) is 55.6 Å². The largest absolute Gasteiger partial charge is 0.497 e. The van der Waals surface area contributed by atoms with E-state index in [2.05, 4.69) is 23.7 Å². The van der Waals surface area contributed by atoms with Gasteiger partial charge in [-0.2, -0.15) is 0 Å². The molecule has 0 atom stereocenters. The highest BCUT2D eigenvalue weighted by molar-refractivity contribution is 7.22. The van der Waals surface area contributed by atoms with Gasteiger partial charge in [-0.25, -0.2) is 4.98 Å². The summed E-state index contributed by atoms with van der Waals surface area (Å²) in [6, 6.07) is 12.7. The Hall–Kier alpha value is -2.06. The van der Waals surface area contributed by atoms with Crippen LogP contribution in [0.25, 0.3) is 10.2 Å². The van der Waals surface area contributed by atoms with E-state index in [0.29, 0.717) is 22.4 Å². The molecule has 0 aliphatic rings. The van der Waals surface area contributed by atoms with Crippen molar-refractivity contribution in [2.75, 3.05) is 44.8 Å². The smallest absolute Gasteiger partial charge is 0.266 e. The van der Waals surface area contributed by atoms with Gasteiger partial charge < -0.3 is 14.4 Å². The molecule has 31 heavy (non-hydrogen) atoms. The summed E-state index contributed by atoms with van der Waals surface area (Å²) in [6.07, 6.45) is 0. The van der Waals surface area contributed by atoms with E-state index in [9.17, 15) is 4.79 Å². The summed E-state index contributed by atoms with van der Waals surface area (Å²) in [7, 11) is 1.61. The molecule has 0 saturated heterocycles. The van der Waals surface area contributed by atoms with Crippen molar-refractivity contribution in [3.05, 3.63) is 47.5 Å². The van der Waals surface area contributed by atoms with Crippen LogP contribution in [0.1, 0.15) is 13.8 Å². The second-order valence-electron chi connectivity index (χ2n) is 6.64. The minimum absolute atomic E-state index is 0. The summed E-state index contributed by atoms with van der Waals surface area (Å²) in [5.74, 6) is 1.22. The minimum Gasteiger partial charge on any atom is -0.497 e. The summed E-state index contributed by atoms with van der Waals surface area (Å²) < 4.78 is 11.8. The van der Waals surface area contributed by atoms with E-state index in [1.807, 2.05) is 18.2 Å². The Morgan fingerprint density at radius 3 is 2.39 bits per heavy atom. The fourth-order valence-electron chi connectivity index (χ4n) is 3.00. The standard InChI is InChI=1S/C22H26ClN3O3S.ClH/c1-4-25(5-2)12-13-26(22-24-19-11-6-16(23)14-20(19)30-22)21(27)15-29-18-9-7-17(28-3)8-10-18;/h6-11,14H,4-5,12-13,15H2,1-3H3;1H. The van der Waals surface area contributed by atoms with Crippen molar-refractivity contribution in [2.24, 2.45) is 0 Å². The molecule has 168 valence electrons. The number of amides is 1. The summed E-state index contributed by atoms with van der Waals surface area (Å²) >= 11 is 7.57. The van der Waals surface area contributed by atoms with E-state index in [4.69, 9.17) is 21.1 Å². The second-order valence-corrected chi connectivity index (χ2v) is 8.09. The maximum absolute atomic E-state index is 13.1. The first-order chi connectivity index (χ1) is 14.5. The third-order valence-electron chi connectivity index (χ3n) is 4.83. The first kappa shape index (κ1) is 25.2.